The SMILES string of the molecule is Nc1cccn2cc(C3CCCS(=O)(=O)C3)nc12. The van der Waals surface area contributed by atoms with E-state index in [4.69, 9.17) is 5.73 Å². The molecule has 1 aliphatic heterocycles. The Morgan fingerprint density at radius 2 is 2.28 bits per heavy atom. The summed E-state index contributed by atoms with van der Waals surface area (Å²) in [6.45, 7) is 0. The first kappa shape index (κ1) is 11.5. The maximum absolute atomic E-state index is 11.7. The lowest BCUT2D eigenvalue weighted by atomic mass is 10.0. The van der Waals surface area contributed by atoms with Gasteiger partial charge in [0.1, 0.15) is 0 Å². The van der Waals surface area contributed by atoms with Gasteiger partial charge in [0.05, 0.1) is 22.9 Å². The Hall–Kier alpha value is -1.56. The van der Waals surface area contributed by atoms with Gasteiger partial charge in [-0.25, -0.2) is 13.4 Å². The van der Waals surface area contributed by atoms with Gasteiger partial charge >= 0.3 is 0 Å². The number of fused-ring (bicyclic) bond motifs is 1. The highest BCUT2D eigenvalue weighted by Crippen LogP contribution is 2.28. The van der Waals surface area contributed by atoms with Crippen LogP contribution in [0.15, 0.2) is 24.5 Å². The number of hydrogen-bond acceptors (Lipinski definition) is 4. The van der Waals surface area contributed by atoms with Crippen molar-refractivity contribution in [2.24, 2.45) is 0 Å². The van der Waals surface area contributed by atoms with Crippen LogP contribution in [0.5, 0.6) is 0 Å². The van der Waals surface area contributed by atoms with Gasteiger partial charge in [0.25, 0.3) is 0 Å². The van der Waals surface area contributed by atoms with E-state index in [0.717, 1.165) is 18.5 Å². The smallest absolute Gasteiger partial charge is 0.160 e. The maximum atomic E-state index is 11.7. The Bertz CT molecular complexity index is 690. The molecular weight excluding hydrogens is 250 g/mol. The van der Waals surface area contributed by atoms with Crippen LogP contribution in [-0.4, -0.2) is 29.3 Å². The molecule has 0 saturated carbocycles. The predicted octanol–water partition coefficient (Wildman–Crippen LogP) is 1.21. The summed E-state index contributed by atoms with van der Waals surface area (Å²) in [6, 6.07) is 3.65. The van der Waals surface area contributed by atoms with Gasteiger partial charge in [-0.3, -0.25) is 0 Å². The van der Waals surface area contributed by atoms with Crippen LogP contribution >= 0.6 is 0 Å². The van der Waals surface area contributed by atoms with Crippen molar-refractivity contribution in [2.75, 3.05) is 17.2 Å². The van der Waals surface area contributed by atoms with Gasteiger partial charge in [0, 0.05) is 18.3 Å². The van der Waals surface area contributed by atoms with Crippen LogP contribution in [0.3, 0.4) is 0 Å². The van der Waals surface area contributed by atoms with Crippen molar-refractivity contribution in [1.29, 1.82) is 0 Å². The zero-order valence-corrected chi connectivity index (χ0v) is 10.7. The molecule has 5 nitrogen and oxygen atoms in total. The molecule has 1 unspecified atom stereocenters. The fourth-order valence-electron chi connectivity index (χ4n) is 2.51. The van der Waals surface area contributed by atoms with Crippen molar-refractivity contribution in [1.82, 2.24) is 9.38 Å². The molecule has 0 radical (unpaired) electrons. The summed E-state index contributed by atoms with van der Waals surface area (Å²) < 4.78 is 25.2. The summed E-state index contributed by atoms with van der Waals surface area (Å²) in [5, 5.41) is 0. The molecule has 0 bridgehead atoms. The monoisotopic (exact) mass is 265 g/mol. The lowest BCUT2D eigenvalue weighted by Crippen LogP contribution is -2.23. The average molecular weight is 265 g/mol. The van der Waals surface area contributed by atoms with E-state index in [1.807, 2.05) is 22.9 Å². The third kappa shape index (κ3) is 1.96. The van der Waals surface area contributed by atoms with Gasteiger partial charge in [-0.1, -0.05) is 0 Å². The van der Waals surface area contributed by atoms with Crippen LogP contribution in [0.1, 0.15) is 24.5 Å². The first-order valence-electron chi connectivity index (χ1n) is 5.99. The van der Waals surface area contributed by atoms with Crippen molar-refractivity contribution in [3.8, 4) is 0 Å². The molecule has 0 aromatic carbocycles. The zero-order chi connectivity index (χ0) is 12.8. The summed E-state index contributed by atoms with van der Waals surface area (Å²) in [5.74, 6) is 0.513. The van der Waals surface area contributed by atoms with E-state index < -0.39 is 9.84 Å². The molecule has 96 valence electrons. The molecule has 6 heteroatoms. The van der Waals surface area contributed by atoms with E-state index in [9.17, 15) is 8.42 Å². The Kier molecular flexibility index (Phi) is 2.55. The molecule has 1 atom stereocenters. The van der Waals surface area contributed by atoms with Crippen molar-refractivity contribution >= 4 is 21.2 Å². The first-order valence-corrected chi connectivity index (χ1v) is 7.81. The Morgan fingerprint density at radius 1 is 1.44 bits per heavy atom. The zero-order valence-electron chi connectivity index (χ0n) is 9.91. The second-order valence-corrected chi connectivity index (χ2v) is 7.04. The number of nitrogen functional groups attached to an aromatic ring is 1. The van der Waals surface area contributed by atoms with Gasteiger partial charge < -0.3 is 10.1 Å². The predicted molar refractivity (Wildman–Crippen MR) is 70.2 cm³/mol. The first-order chi connectivity index (χ1) is 8.55. The third-order valence-electron chi connectivity index (χ3n) is 3.41. The van der Waals surface area contributed by atoms with Gasteiger partial charge in [0.2, 0.25) is 0 Å². The van der Waals surface area contributed by atoms with Crippen molar-refractivity contribution < 1.29 is 8.42 Å². The third-order valence-corrected chi connectivity index (χ3v) is 5.23. The van der Waals surface area contributed by atoms with Crippen LogP contribution in [0.25, 0.3) is 5.65 Å². The number of nitrogens with zero attached hydrogens (tertiary/aromatic N) is 2. The minimum atomic E-state index is -2.91. The summed E-state index contributed by atoms with van der Waals surface area (Å²) in [7, 11) is -2.91. The van der Waals surface area contributed by atoms with Gasteiger partial charge in [-0.2, -0.15) is 0 Å². The van der Waals surface area contributed by atoms with Crippen molar-refractivity contribution in [3.63, 3.8) is 0 Å². The normalized spacial score (nSPS) is 23.2. The van der Waals surface area contributed by atoms with E-state index in [0.29, 0.717) is 17.1 Å². The molecule has 1 fully saturated rings. The standard InChI is InChI=1S/C12H15N3O2S/c13-10-4-1-5-15-7-11(14-12(10)15)9-3-2-6-18(16,17)8-9/h1,4-5,7,9H,2-3,6,8,13H2. The largest absolute Gasteiger partial charge is 0.396 e. The molecule has 1 saturated heterocycles. The second-order valence-electron chi connectivity index (χ2n) is 4.81. The number of rotatable bonds is 1. The number of hydrogen-bond donors (Lipinski definition) is 1. The average Bonchev–Trinajstić information content (AvgIpc) is 2.73. The Morgan fingerprint density at radius 3 is 3.00 bits per heavy atom. The second kappa shape index (κ2) is 3.98. The number of nitrogens with two attached hydrogens (primary N) is 1. The van der Waals surface area contributed by atoms with E-state index in [1.54, 1.807) is 6.07 Å². The quantitative estimate of drug-likeness (QED) is 0.840. The molecule has 0 amide bonds. The van der Waals surface area contributed by atoms with E-state index in [-0.39, 0.29) is 11.7 Å². The summed E-state index contributed by atoms with van der Waals surface area (Å²) in [4.78, 5) is 4.47. The van der Waals surface area contributed by atoms with E-state index in [1.165, 1.54) is 0 Å². The number of imidazole rings is 1. The van der Waals surface area contributed by atoms with Gasteiger partial charge in [-0.15, -0.1) is 0 Å². The van der Waals surface area contributed by atoms with Gasteiger partial charge in [-0.05, 0) is 25.0 Å². The molecule has 1 aliphatic rings. The van der Waals surface area contributed by atoms with Crippen molar-refractivity contribution in [3.05, 3.63) is 30.2 Å². The molecule has 2 aromatic heterocycles. The highest BCUT2D eigenvalue weighted by Gasteiger charge is 2.27. The fourth-order valence-corrected chi connectivity index (χ4v) is 4.23. The molecule has 2 aromatic rings. The molecule has 3 heterocycles. The van der Waals surface area contributed by atoms with E-state index in [2.05, 4.69) is 4.98 Å². The summed E-state index contributed by atoms with van der Waals surface area (Å²) >= 11 is 0. The lowest BCUT2D eigenvalue weighted by molar-refractivity contribution is 0.550. The van der Waals surface area contributed by atoms with Crippen LogP contribution in [0.4, 0.5) is 5.69 Å². The molecule has 18 heavy (non-hydrogen) atoms. The summed E-state index contributed by atoms with van der Waals surface area (Å²) in [6.07, 6.45) is 5.36. The van der Waals surface area contributed by atoms with Crippen LogP contribution in [0, 0.1) is 0 Å². The highest BCUT2D eigenvalue weighted by atomic mass is 32.2. The van der Waals surface area contributed by atoms with Crippen LogP contribution in [-0.2, 0) is 9.84 Å². The fraction of sp³-hybridized carbons (Fsp3) is 0.417. The Labute approximate surface area is 106 Å². The number of aromatic nitrogens is 2. The van der Waals surface area contributed by atoms with Crippen LogP contribution in [0.2, 0.25) is 0 Å². The number of pyridine rings is 1. The molecule has 2 N–H and O–H groups in total. The van der Waals surface area contributed by atoms with Crippen LogP contribution < -0.4 is 5.73 Å². The van der Waals surface area contributed by atoms with E-state index >= 15 is 0 Å². The van der Waals surface area contributed by atoms with Crippen molar-refractivity contribution in [2.45, 2.75) is 18.8 Å². The molecule has 3 rings (SSSR count). The Balaban J connectivity index is 2.02. The minimum absolute atomic E-state index is 0.00282. The number of sulfone groups is 1. The molecule has 0 spiro atoms. The molecule has 0 aliphatic carbocycles. The minimum Gasteiger partial charge on any atom is -0.396 e. The number of anilines is 1. The lowest BCUT2D eigenvalue weighted by Gasteiger charge is -2.19. The summed E-state index contributed by atoms with van der Waals surface area (Å²) in [5.41, 5.74) is 8.00. The maximum Gasteiger partial charge on any atom is 0.160 e. The molecular formula is C12H15N3O2S. The topological polar surface area (TPSA) is 77.5 Å². The highest BCUT2D eigenvalue weighted by molar-refractivity contribution is 7.91. The van der Waals surface area contributed by atoms with Gasteiger partial charge in [0.15, 0.2) is 15.5 Å².